The van der Waals surface area contributed by atoms with Crippen LogP contribution in [0.3, 0.4) is 0 Å². The number of nitrogens with two attached hydrogens (primary N) is 1. The standard InChI is InChI=1S/C15H17N7O/c16-14-20-15(21-22(14)13-3-1-2-8-18-13)19-12-6-4-11(5-7-12)17-9-10-23/h1-8,17,23H,9-10H2,(H3,16,19,20,21). The third-order valence-corrected chi connectivity index (χ3v) is 3.08. The van der Waals surface area contributed by atoms with E-state index in [1.807, 2.05) is 36.4 Å². The van der Waals surface area contributed by atoms with E-state index in [0.29, 0.717) is 18.3 Å². The van der Waals surface area contributed by atoms with Crippen LogP contribution in [0.2, 0.25) is 0 Å². The Kier molecular flexibility index (Phi) is 4.34. The number of nitrogens with one attached hydrogen (secondary N) is 2. The summed E-state index contributed by atoms with van der Waals surface area (Å²) in [5.74, 6) is 1.26. The summed E-state index contributed by atoms with van der Waals surface area (Å²) in [6.07, 6.45) is 1.67. The number of pyridine rings is 1. The predicted molar refractivity (Wildman–Crippen MR) is 88.9 cm³/mol. The molecule has 118 valence electrons. The van der Waals surface area contributed by atoms with Gasteiger partial charge in [-0.15, -0.1) is 5.10 Å². The number of nitrogens with zero attached hydrogens (tertiary/aromatic N) is 4. The van der Waals surface area contributed by atoms with Crippen molar-refractivity contribution in [2.45, 2.75) is 0 Å². The number of aliphatic hydroxyl groups excluding tert-OH is 1. The Labute approximate surface area is 133 Å². The molecule has 0 aliphatic heterocycles. The highest BCUT2D eigenvalue weighted by Gasteiger charge is 2.09. The van der Waals surface area contributed by atoms with Gasteiger partial charge in [0.15, 0.2) is 5.82 Å². The molecule has 5 N–H and O–H groups in total. The van der Waals surface area contributed by atoms with Crippen LogP contribution in [0.25, 0.3) is 5.82 Å². The van der Waals surface area contributed by atoms with E-state index in [0.717, 1.165) is 11.4 Å². The van der Waals surface area contributed by atoms with Gasteiger partial charge in [-0.1, -0.05) is 6.07 Å². The number of nitrogen functional groups attached to an aromatic ring is 1. The molecule has 0 radical (unpaired) electrons. The maximum atomic E-state index is 8.79. The molecule has 8 heteroatoms. The van der Waals surface area contributed by atoms with Crippen LogP contribution in [0, 0.1) is 0 Å². The quantitative estimate of drug-likeness (QED) is 0.544. The van der Waals surface area contributed by atoms with Gasteiger partial charge in [-0.3, -0.25) is 0 Å². The molecular weight excluding hydrogens is 294 g/mol. The van der Waals surface area contributed by atoms with Crippen molar-refractivity contribution in [1.82, 2.24) is 19.7 Å². The molecule has 0 saturated carbocycles. The minimum absolute atomic E-state index is 0.0914. The second-order valence-electron chi connectivity index (χ2n) is 4.75. The van der Waals surface area contributed by atoms with E-state index in [4.69, 9.17) is 10.8 Å². The van der Waals surface area contributed by atoms with E-state index in [2.05, 4.69) is 25.7 Å². The third kappa shape index (κ3) is 3.55. The Balaban J connectivity index is 1.73. The highest BCUT2D eigenvalue weighted by atomic mass is 16.3. The average molecular weight is 311 g/mol. The molecule has 0 amide bonds. The topological polar surface area (TPSA) is 114 Å². The molecule has 1 aromatic carbocycles. The summed E-state index contributed by atoms with van der Waals surface area (Å²) in [4.78, 5) is 8.38. The maximum Gasteiger partial charge on any atom is 0.248 e. The van der Waals surface area contributed by atoms with Crippen LogP contribution >= 0.6 is 0 Å². The van der Waals surface area contributed by atoms with Gasteiger partial charge in [0, 0.05) is 24.1 Å². The van der Waals surface area contributed by atoms with Crippen LogP contribution in [0.1, 0.15) is 0 Å². The number of rotatable bonds is 6. The molecule has 0 aliphatic rings. The van der Waals surface area contributed by atoms with Gasteiger partial charge in [0.2, 0.25) is 11.9 Å². The molecule has 23 heavy (non-hydrogen) atoms. The summed E-state index contributed by atoms with van der Waals surface area (Å²) in [6.45, 7) is 0.605. The molecule has 3 rings (SSSR count). The van der Waals surface area contributed by atoms with Crippen molar-refractivity contribution in [1.29, 1.82) is 0 Å². The highest BCUT2D eigenvalue weighted by molar-refractivity contribution is 5.59. The Bertz CT molecular complexity index is 755. The smallest absolute Gasteiger partial charge is 0.248 e. The molecule has 8 nitrogen and oxygen atoms in total. The third-order valence-electron chi connectivity index (χ3n) is 3.08. The summed E-state index contributed by atoms with van der Waals surface area (Å²) < 4.78 is 1.47. The fraction of sp³-hybridized carbons (Fsp3) is 0.133. The van der Waals surface area contributed by atoms with Gasteiger partial charge < -0.3 is 21.5 Å². The van der Waals surface area contributed by atoms with Crippen LogP contribution in [0.4, 0.5) is 23.3 Å². The Morgan fingerprint density at radius 3 is 2.57 bits per heavy atom. The summed E-state index contributed by atoms with van der Waals surface area (Å²) in [7, 11) is 0. The molecule has 0 spiro atoms. The molecule has 0 fully saturated rings. The van der Waals surface area contributed by atoms with E-state index in [1.54, 1.807) is 12.3 Å². The average Bonchev–Trinajstić information content (AvgIpc) is 2.95. The SMILES string of the molecule is Nc1nc(Nc2ccc(NCCO)cc2)nn1-c1ccccn1. The van der Waals surface area contributed by atoms with Crippen LogP contribution in [-0.2, 0) is 0 Å². The van der Waals surface area contributed by atoms with E-state index < -0.39 is 0 Å². The molecule has 0 unspecified atom stereocenters. The fourth-order valence-corrected chi connectivity index (χ4v) is 2.03. The monoisotopic (exact) mass is 311 g/mol. The second-order valence-corrected chi connectivity index (χ2v) is 4.75. The van der Waals surface area contributed by atoms with E-state index in [1.165, 1.54) is 4.68 Å². The van der Waals surface area contributed by atoms with Crippen LogP contribution in [-0.4, -0.2) is 38.0 Å². The lowest BCUT2D eigenvalue weighted by atomic mass is 10.3. The largest absolute Gasteiger partial charge is 0.395 e. The van der Waals surface area contributed by atoms with E-state index in [-0.39, 0.29) is 12.6 Å². The van der Waals surface area contributed by atoms with Crippen molar-refractivity contribution in [3.8, 4) is 5.82 Å². The van der Waals surface area contributed by atoms with Crippen molar-refractivity contribution in [2.24, 2.45) is 0 Å². The lowest BCUT2D eigenvalue weighted by Crippen LogP contribution is -2.05. The summed E-state index contributed by atoms with van der Waals surface area (Å²) in [5, 5.41) is 19.3. The van der Waals surface area contributed by atoms with Crippen molar-refractivity contribution in [2.75, 3.05) is 29.5 Å². The van der Waals surface area contributed by atoms with Gasteiger partial charge >= 0.3 is 0 Å². The first kappa shape index (κ1) is 14.8. The zero-order valence-corrected chi connectivity index (χ0v) is 12.3. The number of aliphatic hydroxyl groups is 1. The normalized spacial score (nSPS) is 10.5. The van der Waals surface area contributed by atoms with Gasteiger partial charge in [0.1, 0.15) is 0 Å². The first-order valence-electron chi connectivity index (χ1n) is 7.12. The molecular formula is C15H17N7O. The van der Waals surface area contributed by atoms with Gasteiger partial charge in [0.05, 0.1) is 6.61 Å². The number of anilines is 4. The Hall–Kier alpha value is -3.13. The molecule has 0 atom stereocenters. The lowest BCUT2D eigenvalue weighted by molar-refractivity contribution is 0.311. The van der Waals surface area contributed by atoms with Gasteiger partial charge in [-0.25, -0.2) is 4.98 Å². The molecule has 2 aromatic heterocycles. The zero-order chi connectivity index (χ0) is 16.1. The van der Waals surface area contributed by atoms with Crippen molar-refractivity contribution < 1.29 is 5.11 Å². The van der Waals surface area contributed by atoms with E-state index in [9.17, 15) is 0 Å². The first-order valence-corrected chi connectivity index (χ1v) is 7.12. The molecule has 0 aliphatic carbocycles. The maximum absolute atomic E-state index is 8.79. The molecule has 3 aromatic rings. The van der Waals surface area contributed by atoms with Gasteiger partial charge in [-0.05, 0) is 36.4 Å². The summed E-state index contributed by atoms with van der Waals surface area (Å²) >= 11 is 0. The summed E-state index contributed by atoms with van der Waals surface area (Å²) in [6, 6.07) is 13.1. The van der Waals surface area contributed by atoms with Gasteiger partial charge in [-0.2, -0.15) is 9.67 Å². The van der Waals surface area contributed by atoms with Crippen LogP contribution in [0.15, 0.2) is 48.7 Å². The number of hydrogen-bond acceptors (Lipinski definition) is 7. The van der Waals surface area contributed by atoms with Crippen molar-refractivity contribution >= 4 is 23.3 Å². The van der Waals surface area contributed by atoms with E-state index >= 15 is 0 Å². The minimum atomic E-state index is 0.0914. The lowest BCUT2D eigenvalue weighted by Gasteiger charge is -2.06. The second kappa shape index (κ2) is 6.75. The molecule has 0 bridgehead atoms. The van der Waals surface area contributed by atoms with Gasteiger partial charge in [0.25, 0.3) is 0 Å². The highest BCUT2D eigenvalue weighted by Crippen LogP contribution is 2.18. The zero-order valence-electron chi connectivity index (χ0n) is 12.3. The van der Waals surface area contributed by atoms with Crippen LogP contribution in [0.5, 0.6) is 0 Å². The van der Waals surface area contributed by atoms with Crippen molar-refractivity contribution in [3.63, 3.8) is 0 Å². The number of hydrogen-bond donors (Lipinski definition) is 4. The predicted octanol–water partition coefficient (Wildman–Crippen LogP) is 1.39. The van der Waals surface area contributed by atoms with Crippen LogP contribution < -0.4 is 16.4 Å². The molecule has 0 saturated heterocycles. The van der Waals surface area contributed by atoms with Crippen molar-refractivity contribution in [3.05, 3.63) is 48.7 Å². The first-order chi connectivity index (χ1) is 11.3. The Morgan fingerprint density at radius 2 is 1.87 bits per heavy atom. The Morgan fingerprint density at radius 1 is 1.09 bits per heavy atom. The molecule has 2 heterocycles. The number of aromatic nitrogens is 4. The number of benzene rings is 1. The minimum Gasteiger partial charge on any atom is -0.395 e. The summed E-state index contributed by atoms with van der Waals surface area (Å²) in [5.41, 5.74) is 7.64. The fourth-order valence-electron chi connectivity index (χ4n) is 2.03.